The highest BCUT2D eigenvalue weighted by Crippen LogP contribution is 2.38. The SMILES string of the molecule is CC1(C)CSC(c2csc(C(C)(C)C)n2)N1. The van der Waals surface area contributed by atoms with Crippen LogP contribution in [0.25, 0.3) is 0 Å². The molecule has 1 unspecified atom stereocenters. The summed E-state index contributed by atoms with van der Waals surface area (Å²) in [6.45, 7) is 11.1. The van der Waals surface area contributed by atoms with Crippen molar-refractivity contribution < 1.29 is 0 Å². The second-order valence-corrected chi connectivity index (χ2v) is 8.00. The zero-order valence-electron chi connectivity index (χ0n) is 10.6. The van der Waals surface area contributed by atoms with Crippen molar-refractivity contribution in [3.63, 3.8) is 0 Å². The largest absolute Gasteiger partial charge is 0.294 e. The van der Waals surface area contributed by atoms with Crippen LogP contribution >= 0.6 is 23.1 Å². The number of rotatable bonds is 1. The second-order valence-electron chi connectivity index (χ2n) is 6.05. The Hall–Kier alpha value is -0.0600. The highest BCUT2D eigenvalue weighted by molar-refractivity contribution is 7.99. The molecule has 0 spiro atoms. The molecule has 1 saturated heterocycles. The van der Waals surface area contributed by atoms with E-state index in [1.54, 1.807) is 11.3 Å². The third-order valence-corrected chi connectivity index (χ3v) is 5.43. The lowest BCUT2D eigenvalue weighted by atomic mass is 9.98. The quantitative estimate of drug-likeness (QED) is 0.831. The van der Waals surface area contributed by atoms with Gasteiger partial charge in [0.2, 0.25) is 0 Å². The lowest BCUT2D eigenvalue weighted by Crippen LogP contribution is -2.36. The Labute approximate surface area is 106 Å². The van der Waals surface area contributed by atoms with Crippen LogP contribution in [-0.2, 0) is 5.41 Å². The smallest absolute Gasteiger partial charge is 0.0982 e. The summed E-state index contributed by atoms with van der Waals surface area (Å²) in [4.78, 5) is 4.76. The number of thioether (sulfide) groups is 1. The molecular weight excluding hydrogens is 236 g/mol. The molecule has 2 nitrogen and oxygen atoms in total. The summed E-state index contributed by atoms with van der Waals surface area (Å²) in [5.74, 6) is 1.15. The molecular formula is C12H20N2S2. The molecule has 0 bridgehead atoms. The molecule has 4 heteroatoms. The third-order valence-electron chi connectivity index (χ3n) is 2.56. The van der Waals surface area contributed by atoms with E-state index in [2.05, 4.69) is 45.3 Å². The molecule has 1 atom stereocenters. The fourth-order valence-electron chi connectivity index (χ4n) is 1.64. The molecule has 16 heavy (non-hydrogen) atoms. The maximum absolute atomic E-state index is 4.76. The monoisotopic (exact) mass is 256 g/mol. The Morgan fingerprint density at radius 2 is 2.12 bits per heavy atom. The lowest BCUT2D eigenvalue weighted by molar-refractivity contribution is 0.448. The molecule has 2 heterocycles. The Kier molecular flexibility index (Phi) is 3.10. The molecule has 2 rings (SSSR count). The number of hydrogen-bond acceptors (Lipinski definition) is 4. The summed E-state index contributed by atoms with van der Waals surface area (Å²) in [5.41, 5.74) is 1.60. The van der Waals surface area contributed by atoms with Crippen molar-refractivity contribution in [2.24, 2.45) is 0 Å². The number of nitrogens with one attached hydrogen (secondary N) is 1. The molecule has 1 aromatic heterocycles. The lowest BCUT2D eigenvalue weighted by Gasteiger charge is -2.18. The molecule has 1 aromatic rings. The summed E-state index contributed by atoms with van der Waals surface area (Å²) in [6.07, 6.45) is 0. The second kappa shape index (κ2) is 4.00. The first-order chi connectivity index (χ1) is 7.28. The van der Waals surface area contributed by atoms with E-state index in [-0.39, 0.29) is 11.0 Å². The third kappa shape index (κ3) is 2.60. The van der Waals surface area contributed by atoms with E-state index < -0.39 is 0 Å². The van der Waals surface area contributed by atoms with Crippen molar-refractivity contribution in [3.05, 3.63) is 16.1 Å². The normalized spacial score (nSPS) is 24.9. The molecule has 0 aromatic carbocycles. The Morgan fingerprint density at radius 3 is 2.56 bits per heavy atom. The van der Waals surface area contributed by atoms with Crippen LogP contribution in [0.2, 0.25) is 0 Å². The first-order valence-electron chi connectivity index (χ1n) is 5.63. The Bertz CT molecular complexity index is 377. The number of nitrogens with zero attached hydrogens (tertiary/aromatic N) is 1. The van der Waals surface area contributed by atoms with Crippen LogP contribution in [0.3, 0.4) is 0 Å². The van der Waals surface area contributed by atoms with Gasteiger partial charge in [-0.3, -0.25) is 5.32 Å². The first kappa shape index (κ1) is 12.4. The maximum Gasteiger partial charge on any atom is 0.0982 e. The molecule has 1 aliphatic heterocycles. The summed E-state index contributed by atoms with van der Waals surface area (Å²) in [6, 6.07) is 0. The van der Waals surface area contributed by atoms with Crippen molar-refractivity contribution >= 4 is 23.1 Å². The van der Waals surface area contributed by atoms with Crippen LogP contribution in [0.4, 0.5) is 0 Å². The van der Waals surface area contributed by atoms with Gasteiger partial charge < -0.3 is 0 Å². The fourth-order valence-corrected chi connectivity index (χ4v) is 4.02. The van der Waals surface area contributed by atoms with E-state index in [0.29, 0.717) is 5.37 Å². The van der Waals surface area contributed by atoms with E-state index in [4.69, 9.17) is 4.98 Å². The first-order valence-corrected chi connectivity index (χ1v) is 7.56. The van der Waals surface area contributed by atoms with Gasteiger partial charge in [0.15, 0.2) is 0 Å². The van der Waals surface area contributed by atoms with Crippen LogP contribution in [0.1, 0.15) is 50.7 Å². The van der Waals surface area contributed by atoms with Gasteiger partial charge in [-0.15, -0.1) is 23.1 Å². The fraction of sp³-hybridized carbons (Fsp3) is 0.750. The Morgan fingerprint density at radius 1 is 1.44 bits per heavy atom. The minimum absolute atomic E-state index is 0.168. The van der Waals surface area contributed by atoms with Crippen LogP contribution in [0, 0.1) is 0 Å². The molecule has 0 aliphatic carbocycles. The van der Waals surface area contributed by atoms with Gasteiger partial charge in [-0.1, -0.05) is 20.8 Å². The van der Waals surface area contributed by atoms with Gasteiger partial charge in [0.25, 0.3) is 0 Å². The highest BCUT2D eigenvalue weighted by Gasteiger charge is 2.33. The molecule has 0 saturated carbocycles. The minimum atomic E-state index is 0.168. The van der Waals surface area contributed by atoms with Crippen molar-refractivity contribution in [1.29, 1.82) is 0 Å². The number of thiazole rings is 1. The topological polar surface area (TPSA) is 24.9 Å². The molecule has 0 radical (unpaired) electrons. The average molecular weight is 256 g/mol. The van der Waals surface area contributed by atoms with E-state index in [9.17, 15) is 0 Å². The van der Waals surface area contributed by atoms with Gasteiger partial charge >= 0.3 is 0 Å². The van der Waals surface area contributed by atoms with Crippen molar-refractivity contribution in [2.75, 3.05) is 5.75 Å². The van der Waals surface area contributed by atoms with Gasteiger partial charge in [-0.25, -0.2) is 4.98 Å². The average Bonchev–Trinajstić information content (AvgIpc) is 2.68. The van der Waals surface area contributed by atoms with Gasteiger partial charge in [0, 0.05) is 22.1 Å². The maximum atomic E-state index is 4.76. The van der Waals surface area contributed by atoms with Crippen LogP contribution < -0.4 is 5.32 Å². The molecule has 1 aliphatic rings. The van der Waals surface area contributed by atoms with Gasteiger partial charge in [0.1, 0.15) is 0 Å². The van der Waals surface area contributed by atoms with Crippen LogP contribution in [0.5, 0.6) is 0 Å². The zero-order valence-corrected chi connectivity index (χ0v) is 12.3. The minimum Gasteiger partial charge on any atom is -0.294 e. The van der Waals surface area contributed by atoms with Crippen LogP contribution in [-0.4, -0.2) is 16.3 Å². The van der Waals surface area contributed by atoms with E-state index in [0.717, 1.165) is 5.75 Å². The Balaban J connectivity index is 2.15. The summed E-state index contributed by atoms with van der Waals surface area (Å²) in [7, 11) is 0. The van der Waals surface area contributed by atoms with E-state index in [1.807, 2.05) is 11.8 Å². The highest BCUT2D eigenvalue weighted by atomic mass is 32.2. The summed E-state index contributed by atoms with van der Waals surface area (Å²) < 4.78 is 0. The summed E-state index contributed by atoms with van der Waals surface area (Å²) >= 11 is 3.74. The van der Waals surface area contributed by atoms with Gasteiger partial charge in [0.05, 0.1) is 16.1 Å². The predicted octanol–water partition coefficient (Wildman–Crippen LogP) is 3.55. The van der Waals surface area contributed by atoms with E-state index >= 15 is 0 Å². The van der Waals surface area contributed by atoms with E-state index in [1.165, 1.54) is 10.7 Å². The van der Waals surface area contributed by atoms with Gasteiger partial charge in [-0.05, 0) is 13.8 Å². The van der Waals surface area contributed by atoms with Crippen molar-refractivity contribution in [1.82, 2.24) is 10.3 Å². The molecule has 1 N–H and O–H groups in total. The van der Waals surface area contributed by atoms with Crippen molar-refractivity contribution in [2.45, 2.75) is 50.9 Å². The number of hydrogen-bond donors (Lipinski definition) is 1. The summed E-state index contributed by atoms with van der Waals surface area (Å²) in [5, 5.41) is 7.43. The molecule has 0 amide bonds. The van der Waals surface area contributed by atoms with Gasteiger partial charge in [-0.2, -0.15) is 0 Å². The zero-order chi connectivity index (χ0) is 12.0. The van der Waals surface area contributed by atoms with Crippen LogP contribution in [0.15, 0.2) is 5.38 Å². The number of aromatic nitrogens is 1. The van der Waals surface area contributed by atoms with Crippen molar-refractivity contribution in [3.8, 4) is 0 Å². The molecule has 90 valence electrons. The predicted molar refractivity (Wildman–Crippen MR) is 73.2 cm³/mol. The standard InChI is InChI=1S/C12H20N2S2/c1-11(2,3)10-13-8(6-15-10)9-14-12(4,5)7-16-9/h6,9,14H,7H2,1-5H3. The molecule has 1 fully saturated rings.